The second-order valence-corrected chi connectivity index (χ2v) is 5.00. The highest BCUT2D eigenvalue weighted by molar-refractivity contribution is 7.98. The van der Waals surface area contributed by atoms with Gasteiger partial charge in [0.2, 0.25) is 0 Å². The summed E-state index contributed by atoms with van der Waals surface area (Å²) in [6.07, 6.45) is -1.02. The van der Waals surface area contributed by atoms with Gasteiger partial charge in [-0.3, -0.25) is 0 Å². The number of hydrogen-bond acceptors (Lipinski definition) is 4. The van der Waals surface area contributed by atoms with Crippen molar-refractivity contribution in [1.29, 1.82) is 0 Å². The Labute approximate surface area is 108 Å². The van der Waals surface area contributed by atoms with Crippen LogP contribution >= 0.6 is 11.8 Å². The third-order valence-electron chi connectivity index (χ3n) is 2.50. The third-order valence-corrected chi connectivity index (χ3v) is 3.50. The van der Waals surface area contributed by atoms with E-state index in [-0.39, 0.29) is 6.42 Å². The maximum Gasteiger partial charge on any atom is 0.332 e. The minimum Gasteiger partial charge on any atom is -0.479 e. The van der Waals surface area contributed by atoms with Crippen LogP contribution in [-0.4, -0.2) is 38.0 Å². The molecular weight excluding hydrogens is 252 g/mol. The summed E-state index contributed by atoms with van der Waals surface area (Å²) >= 11 is 1.55. The molecule has 0 aliphatic carbocycles. The molecule has 6 heteroatoms. The van der Waals surface area contributed by atoms with Gasteiger partial charge in [0.1, 0.15) is 5.82 Å². The van der Waals surface area contributed by atoms with Gasteiger partial charge in [-0.2, -0.15) is 11.8 Å². The van der Waals surface area contributed by atoms with Gasteiger partial charge in [-0.15, -0.1) is 0 Å². The van der Waals surface area contributed by atoms with Gasteiger partial charge < -0.3 is 15.2 Å². The summed E-state index contributed by atoms with van der Waals surface area (Å²) in [7, 11) is 0. The highest BCUT2D eigenvalue weighted by atomic mass is 32.2. The first kappa shape index (κ1) is 12.9. The number of nitrogens with one attached hydrogen (secondary N) is 1. The van der Waals surface area contributed by atoms with E-state index in [1.165, 1.54) is 0 Å². The molecule has 1 atom stereocenters. The van der Waals surface area contributed by atoms with Crippen LogP contribution in [0.1, 0.15) is 12.2 Å². The summed E-state index contributed by atoms with van der Waals surface area (Å²) in [5.74, 6) is 0.969. The lowest BCUT2D eigenvalue weighted by Gasteiger charge is -2.03. The fourth-order valence-electron chi connectivity index (χ4n) is 1.56. The molecule has 0 radical (unpaired) electrons. The number of aromatic amines is 1. The summed E-state index contributed by atoms with van der Waals surface area (Å²) in [6, 6.07) is 7.78. The zero-order chi connectivity index (χ0) is 13.0. The molecular formula is C12H14N2O3S. The summed E-state index contributed by atoms with van der Waals surface area (Å²) in [5, 5.41) is 17.6. The molecule has 1 heterocycles. The smallest absolute Gasteiger partial charge is 0.332 e. The van der Waals surface area contributed by atoms with Crippen molar-refractivity contribution in [3.8, 4) is 0 Å². The molecule has 5 nitrogen and oxygen atoms in total. The summed E-state index contributed by atoms with van der Waals surface area (Å²) in [5.41, 5.74) is 1.93. The zero-order valence-electron chi connectivity index (χ0n) is 9.67. The molecule has 0 amide bonds. The van der Waals surface area contributed by atoms with Gasteiger partial charge in [0, 0.05) is 0 Å². The van der Waals surface area contributed by atoms with E-state index in [1.807, 2.05) is 24.3 Å². The Kier molecular flexibility index (Phi) is 4.22. The highest BCUT2D eigenvalue weighted by Gasteiger charge is 2.12. The van der Waals surface area contributed by atoms with Crippen LogP contribution in [0.5, 0.6) is 0 Å². The molecule has 0 saturated heterocycles. The molecule has 96 valence electrons. The van der Waals surface area contributed by atoms with E-state index < -0.39 is 12.1 Å². The second-order valence-electron chi connectivity index (χ2n) is 3.90. The number of carboxylic acids is 1. The van der Waals surface area contributed by atoms with Gasteiger partial charge in [0.05, 0.1) is 16.8 Å². The van der Waals surface area contributed by atoms with E-state index in [2.05, 4.69) is 9.97 Å². The summed E-state index contributed by atoms with van der Waals surface area (Å²) in [6.45, 7) is 0. The van der Waals surface area contributed by atoms with Gasteiger partial charge in [-0.25, -0.2) is 9.78 Å². The largest absolute Gasteiger partial charge is 0.479 e. The lowest BCUT2D eigenvalue weighted by atomic mass is 10.3. The average Bonchev–Trinajstić information content (AvgIpc) is 2.76. The van der Waals surface area contributed by atoms with Crippen LogP contribution in [0.2, 0.25) is 0 Å². The number of fused-ring (bicyclic) bond motifs is 1. The van der Waals surface area contributed by atoms with Crippen molar-refractivity contribution in [3.63, 3.8) is 0 Å². The van der Waals surface area contributed by atoms with Crippen molar-refractivity contribution < 1.29 is 15.0 Å². The van der Waals surface area contributed by atoms with Gasteiger partial charge in [-0.05, 0) is 24.3 Å². The molecule has 0 fully saturated rings. The minimum atomic E-state index is -1.27. The van der Waals surface area contributed by atoms with Crippen LogP contribution in [-0.2, 0) is 10.5 Å². The van der Waals surface area contributed by atoms with Gasteiger partial charge in [0.15, 0.2) is 6.10 Å². The van der Waals surface area contributed by atoms with Crippen LogP contribution in [0.25, 0.3) is 11.0 Å². The Morgan fingerprint density at radius 1 is 1.44 bits per heavy atom. The topological polar surface area (TPSA) is 86.2 Å². The predicted octanol–water partition coefficient (Wildman–Crippen LogP) is 1.63. The first-order valence-corrected chi connectivity index (χ1v) is 6.74. The number of aliphatic hydroxyl groups is 1. The number of para-hydroxylation sites is 2. The van der Waals surface area contributed by atoms with Crippen molar-refractivity contribution in [2.75, 3.05) is 5.75 Å². The standard InChI is InChI=1S/C12H14N2O3S/c15-10(12(16)17)5-6-18-7-11-13-8-3-1-2-4-9(8)14-11/h1-4,10,15H,5-7H2,(H,13,14)(H,16,17). The third kappa shape index (κ3) is 3.24. The van der Waals surface area contributed by atoms with Crippen molar-refractivity contribution in [2.24, 2.45) is 0 Å². The molecule has 3 N–H and O–H groups in total. The Morgan fingerprint density at radius 3 is 2.94 bits per heavy atom. The molecule has 0 aliphatic rings. The van der Waals surface area contributed by atoms with Crippen LogP contribution in [0, 0.1) is 0 Å². The van der Waals surface area contributed by atoms with Crippen LogP contribution in [0.15, 0.2) is 24.3 Å². The molecule has 0 spiro atoms. The predicted molar refractivity (Wildman–Crippen MR) is 70.5 cm³/mol. The number of thioether (sulfide) groups is 1. The number of benzene rings is 1. The van der Waals surface area contributed by atoms with Crippen molar-refractivity contribution in [1.82, 2.24) is 9.97 Å². The van der Waals surface area contributed by atoms with Gasteiger partial charge in [-0.1, -0.05) is 12.1 Å². The number of carbonyl (C=O) groups is 1. The molecule has 0 aliphatic heterocycles. The van der Waals surface area contributed by atoms with Crippen molar-refractivity contribution >= 4 is 28.8 Å². The number of imidazole rings is 1. The number of rotatable bonds is 6. The maximum atomic E-state index is 10.4. The van der Waals surface area contributed by atoms with E-state index in [9.17, 15) is 4.79 Å². The normalized spacial score (nSPS) is 12.7. The number of aliphatic hydroxyl groups excluding tert-OH is 1. The van der Waals surface area contributed by atoms with E-state index in [0.717, 1.165) is 16.9 Å². The number of carboxylic acid groups (broad SMARTS) is 1. The fourth-order valence-corrected chi connectivity index (χ4v) is 2.43. The van der Waals surface area contributed by atoms with Crippen LogP contribution < -0.4 is 0 Å². The first-order chi connectivity index (χ1) is 8.66. The highest BCUT2D eigenvalue weighted by Crippen LogP contribution is 2.16. The molecule has 0 saturated carbocycles. The molecule has 0 bridgehead atoms. The molecule has 18 heavy (non-hydrogen) atoms. The quantitative estimate of drug-likeness (QED) is 0.692. The van der Waals surface area contributed by atoms with Crippen LogP contribution in [0.3, 0.4) is 0 Å². The number of hydrogen-bond donors (Lipinski definition) is 3. The maximum absolute atomic E-state index is 10.4. The van der Waals surface area contributed by atoms with Gasteiger partial charge >= 0.3 is 5.97 Å². The average molecular weight is 266 g/mol. The number of aromatic nitrogens is 2. The monoisotopic (exact) mass is 266 g/mol. The first-order valence-electron chi connectivity index (χ1n) is 5.59. The SMILES string of the molecule is O=C(O)C(O)CCSCc1nc2ccccc2[nH]1. The Hall–Kier alpha value is -1.53. The molecule has 2 aromatic rings. The number of aliphatic carboxylic acids is 1. The minimum absolute atomic E-state index is 0.250. The fraction of sp³-hybridized carbons (Fsp3) is 0.333. The van der Waals surface area contributed by atoms with E-state index in [0.29, 0.717) is 11.5 Å². The Balaban J connectivity index is 1.81. The number of nitrogens with zero attached hydrogens (tertiary/aromatic N) is 1. The lowest BCUT2D eigenvalue weighted by Crippen LogP contribution is -2.19. The van der Waals surface area contributed by atoms with Crippen molar-refractivity contribution in [3.05, 3.63) is 30.1 Å². The van der Waals surface area contributed by atoms with Crippen LogP contribution in [0.4, 0.5) is 0 Å². The second kappa shape index (κ2) is 5.88. The molecule has 1 aromatic heterocycles. The zero-order valence-corrected chi connectivity index (χ0v) is 10.5. The van der Waals surface area contributed by atoms with E-state index in [4.69, 9.17) is 10.2 Å². The van der Waals surface area contributed by atoms with E-state index >= 15 is 0 Å². The molecule has 2 rings (SSSR count). The van der Waals surface area contributed by atoms with Gasteiger partial charge in [0.25, 0.3) is 0 Å². The summed E-state index contributed by atoms with van der Waals surface area (Å²) < 4.78 is 0. The number of H-pyrrole nitrogens is 1. The summed E-state index contributed by atoms with van der Waals surface area (Å²) in [4.78, 5) is 18.0. The lowest BCUT2D eigenvalue weighted by molar-refractivity contribution is -0.146. The molecule has 1 unspecified atom stereocenters. The Bertz CT molecular complexity index is 508. The Morgan fingerprint density at radius 2 is 2.22 bits per heavy atom. The molecule has 1 aromatic carbocycles. The van der Waals surface area contributed by atoms with Crippen molar-refractivity contribution in [2.45, 2.75) is 18.3 Å². The van der Waals surface area contributed by atoms with E-state index in [1.54, 1.807) is 11.8 Å².